The highest BCUT2D eigenvalue weighted by molar-refractivity contribution is 7.10. The quantitative estimate of drug-likeness (QED) is 0.473. The van der Waals surface area contributed by atoms with E-state index in [9.17, 15) is 4.79 Å². The first-order chi connectivity index (χ1) is 14.2. The largest absolute Gasteiger partial charge is 0.345 e. The van der Waals surface area contributed by atoms with E-state index >= 15 is 0 Å². The number of fused-ring (bicyclic) bond motifs is 1. The molecule has 0 saturated heterocycles. The molecule has 1 aromatic heterocycles. The lowest BCUT2D eigenvalue weighted by atomic mass is 10.00. The Labute approximate surface area is 175 Å². The molecule has 0 unspecified atom stereocenters. The first-order valence-electron chi connectivity index (χ1n) is 9.91. The minimum atomic E-state index is -0.0427. The fraction of sp³-hybridized carbons (Fsp3) is 0.160. The predicted molar refractivity (Wildman–Crippen MR) is 120 cm³/mol. The second kappa shape index (κ2) is 9.03. The van der Waals surface area contributed by atoms with Crippen molar-refractivity contribution in [3.63, 3.8) is 0 Å². The summed E-state index contributed by atoms with van der Waals surface area (Å²) in [5.41, 5.74) is 2.36. The van der Waals surface area contributed by atoms with Gasteiger partial charge in [-0.1, -0.05) is 78.9 Å². The molecule has 0 bridgehead atoms. The molecule has 0 aliphatic heterocycles. The third-order valence-corrected chi connectivity index (χ3v) is 6.17. The van der Waals surface area contributed by atoms with E-state index in [0.717, 1.165) is 5.56 Å². The number of rotatable bonds is 7. The highest BCUT2D eigenvalue weighted by atomic mass is 32.1. The summed E-state index contributed by atoms with van der Waals surface area (Å²) in [6.45, 7) is 2.43. The van der Waals surface area contributed by atoms with Gasteiger partial charge >= 0.3 is 0 Å². The Morgan fingerprint density at radius 1 is 0.931 bits per heavy atom. The summed E-state index contributed by atoms with van der Waals surface area (Å²) < 4.78 is 0. The van der Waals surface area contributed by atoms with E-state index in [2.05, 4.69) is 70.6 Å². The molecule has 1 amide bonds. The number of thiophene rings is 1. The predicted octanol–water partition coefficient (Wildman–Crippen LogP) is 4.43. The molecule has 0 aliphatic carbocycles. The van der Waals surface area contributed by atoms with E-state index in [-0.39, 0.29) is 18.0 Å². The van der Waals surface area contributed by atoms with Crippen molar-refractivity contribution in [3.05, 3.63) is 106 Å². The van der Waals surface area contributed by atoms with Gasteiger partial charge in [0.15, 0.2) is 6.54 Å². The van der Waals surface area contributed by atoms with Crippen molar-refractivity contribution in [2.24, 2.45) is 0 Å². The molecule has 1 heterocycles. The maximum atomic E-state index is 12.7. The van der Waals surface area contributed by atoms with Crippen LogP contribution < -0.4 is 10.6 Å². The lowest BCUT2D eigenvalue weighted by Gasteiger charge is -2.18. The topological polar surface area (TPSA) is 45.7 Å². The molecule has 3 nitrogen and oxygen atoms in total. The molecule has 3 N–H and O–H groups in total. The highest BCUT2D eigenvalue weighted by Gasteiger charge is 2.20. The Hall–Kier alpha value is -2.95. The van der Waals surface area contributed by atoms with Crippen molar-refractivity contribution in [1.82, 2.24) is 5.32 Å². The Kier molecular flexibility index (Phi) is 6.03. The normalized spacial score (nSPS) is 13.1. The van der Waals surface area contributed by atoms with Gasteiger partial charge in [-0.25, -0.2) is 0 Å². The van der Waals surface area contributed by atoms with Crippen molar-refractivity contribution >= 4 is 28.0 Å². The summed E-state index contributed by atoms with van der Waals surface area (Å²) in [6, 6.07) is 29.2. The maximum absolute atomic E-state index is 12.7. The van der Waals surface area contributed by atoms with Crippen molar-refractivity contribution < 1.29 is 10.1 Å². The number of hydrogen-bond donors (Lipinski definition) is 2. The summed E-state index contributed by atoms with van der Waals surface area (Å²) in [4.78, 5) is 14.0. The lowest BCUT2D eigenvalue weighted by molar-refractivity contribution is -0.676. The monoisotopic (exact) mass is 401 g/mol. The van der Waals surface area contributed by atoms with Crippen molar-refractivity contribution in [2.45, 2.75) is 19.0 Å². The summed E-state index contributed by atoms with van der Waals surface area (Å²) in [5.74, 6) is 0.0444. The standard InChI is InChI=1S/C25H24N2OS/c1-18(21-14-7-12-19-9-5-6-13-22(19)21)27-24(28)17-26-25(23-15-8-16-29-23)20-10-3-2-4-11-20/h2-16,18,25-26H,17H2,1H3,(H,27,28)/p+1/t18-,25-/m1/s1. The van der Waals surface area contributed by atoms with Gasteiger partial charge in [-0.15, -0.1) is 11.3 Å². The van der Waals surface area contributed by atoms with Crippen LogP contribution in [0.3, 0.4) is 0 Å². The van der Waals surface area contributed by atoms with Gasteiger partial charge < -0.3 is 10.6 Å². The summed E-state index contributed by atoms with van der Waals surface area (Å²) >= 11 is 1.73. The number of hydrogen-bond acceptors (Lipinski definition) is 2. The average Bonchev–Trinajstić information content (AvgIpc) is 3.29. The minimum absolute atomic E-state index is 0.0427. The zero-order chi connectivity index (χ0) is 20.1. The van der Waals surface area contributed by atoms with Crippen LogP contribution in [0.2, 0.25) is 0 Å². The lowest BCUT2D eigenvalue weighted by Crippen LogP contribution is -2.87. The zero-order valence-electron chi connectivity index (χ0n) is 16.4. The average molecular weight is 402 g/mol. The van der Waals surface area contributed by atoms with E-state index in [4.69, 9.17) is 0 Å². The van der Waals surface area contributed by atoms with Crippen molar-refractivity contribution in [2.75, 3.05) is 6.54 Å². The molecule has 4 rings (SSSR count). The van der Waals surface area contributed by atoms with Crippen LogP contribution in [0.5, 0.6) is 0 Å². The fourth-order valence-electron chi connectivity index (χ4n) is 3.78. The molecule has 4 aromatic rings. The molecule has 0 aliphatic rings. The van der Waals surface area contributed by atoms with Gasteiger partial charge in [0.2, 0.25) is 0 Å². The summed E-state index contributed by atoms with van der Waals surface area (Å²) in [5, 5.41) is 9.76. The number of nitrogens with two attached hydrogens (primary N) is 1. The molecule has 4 heteroatoms. The first-order valence-corrected chi connectivity index (χ1v) is 10.8. The Bertz CT molecular complexity index is 1070. The molecule has 2 atom stereocenters. The Morgan fingerprint density at radius 2 is 1.69 bits per heavy atom. The molecule has 146 valence electrons. The molecule has 29 heavy (non-hydrogen) atoms. The van der Waals surface area contributed by atoms with E-state index in [0.29, 0.717) is 6.54 Å². The molecule has 3 aromatic carbocycles. The number of carbonyl (C=O) groups is 1. The van der Waals surface area contributed by atoms with Gasteiger partial charge in [-0.2, -0.15) is 0 Å². The van der Waals surface area contributed by atoms with Gasteiger partial charge in [-0.3, -0.25) is 4.79 Å². The summed E-state index contributed by atoms with van der Waals surface area (Å²) in [6.07, 6.45) is 0. The van der Waals surface area contributed by atoms with Crippen LogP contribution >= 0.6 is 11.3 Å². The number of benzene rings is 3. The number of nitrogens with one attached hydrogen (secondary N) is 1. The SMILES string of the molecule is C[C@@H](NC(=O)C[NH2+][C@H](c1ccccc1)c1cccs1)c1cccc2ccccc12. The Morgan fingerprint density at radius 3 is 2.48 bits per heavy atom. The maximum Gasteiger partial charge on any atom is 0.275 e. The molecule has 0 fully saturated rings. The highest BCUT2D eigenvalue weighted by Crippen LogP contribution is 2.24. The van der Waals surface area contributed by atoms with E-state index in [1.807, 2.05) is 37.3 Å². The molecular formula is C25H25N2OS+. The van der Waals surface area contributed by atoms with E-state index < -0.39 is 0 Å². The third kappa shape index (κ3) is 4.56. The molecule has 0 radical (unpaired) electrons. The van der Waals surface area contributed by atoms with Crippen LogP contribution in [0.15, 0.2) is 90.3 Å². The van der Waals surface area contributed by atoms with Crippen molar-refractivity contribution in [1.29, 1.82) is 0 Å². The van der Waals surface area contributed by atoms with Gasteiger partial charge in [0.1, 0.15) is 6.04 Å². The third-order valence-electron chi connectivity index (χ3n) is 5.21. The zero-order valence-corrected chi connectivity index (χ0v) is 17.2. The van der Waals surface area contributed by atoms with Crippen molar-refractivity contribution in [3.8, 4) is 0 Å². The van der Waals surface area contributed by atoms with Gasteiger partial charge in [0.25, 0.3) is 5.91 Å². The van der Waals surface area contributed by atoms with Crippen LogP contribution in [-0.4, -0.2) is 12.5 Å². The van der Waals surface area contributed by atoms with Gasteiger partial charge in [-0.05, 0) is 34.7 Å². The number of quaternary nitrogens is 1. The molecule has 0 spiro atoms. The smallest absolute Gasteiger partial charge is 0.275 e. The molecular weight excluding hydrogens is 376 g/mol. The van der Waals surface area contributed by atoms with Crippen LogP contribution in [0.25, 0.3) is 10.8 Å². The van der Waals surface area contributed by atoms with Crippen LogP contribution in [0.1, 0.15) is 35.0 Å². The van der Waals surface area contributed by atoms with E-state index in [1.165, 1.54) is 21.2 Å². The second-order valence-corrected chi connectivity index (χ2v) is 8.18. The summed E-state index contributed by atoms with van der Waals surface area (Å²) in [7, 11) is 0. The molecule has 0 saturated carbocycles. The second-order valence-electron chi connectivity index (χ2n) is 7.20. The van der Waals surface area contributed by atoms with Crippen LogP contribution in [0.4, 0.5) is 0 Å². The van der Waals surface area contributed by atoms with Gasteiger partial charge in [0.05, 0.1) is 10.9 Å². The Balaban J connectivity index is 1.45. The number of carbonyl (C=O) groups excluding carboxylic acids is 1. The van der Waals surface area contributed by atoms with E-state index in [1.54, 1.807) is 11.3 Å². The van der Waals surface area contributed by atoms with Crippen LogP contribution in [0, 0.1) is 0 Å². The first kappa shape index (κ1) is 19.4. The van der Waals surface area contributed by atoms with Crippen LogP contribution in [-0.2, 0) is 4.79 Å². The van der Waals surface area contributed by atoms with Gasteiger partial charge in [0, 0.05) is 5.56 Å². The minimum Gasteiger partial charge on any atom is -0.345 e. The fourth-order valence-corrected chi connectivity index (χ4v) is 4.63. The number of amides is 1.